The first-order valence-electron chi connectivity index (χ1n) is 2.66. The number of carboxylic acid groups (broad SMARTS) is 1. The van der Waals surface area contributed by atoms with E-state index in [4.69, 9.17) is 28.3 Å². The molecule has 0 radical (unpaired) electrons. The Morgan fingerprint density at radius 2 is 1.75 bits per heavy atom. The highest BCUT2D eigenvalue weighted by atomic mass is 35.5. The van der Waals surface area contributed by atoms with Crippen LogP contribution in [0.3, 0.4) is 0 Å². The zero-order valence-corrected chi connectivity index (χ0v) is 7.95. The normalized spacial score (nSPS) is 8.83. The third-order valence-electron chi connectivity index (χ3n) is 1.01. The monoisotopic (exact) mass is 227 g/mol. The quantitative estimate of drug-likeness (QED) is 0.751. The molecule has 1 aromatic heterocycles. The molecule has 1 heterocycles. The lowest BCUT2D eigenvalue weighted by atomic mass is 10.3. The van der Waals surface area contributed by atoms with Crippen LogP contribution in [0.4, 0.5) is 0 Å². The summed E-state index contributed by atoms with van der Waals surface area (Å²) in [5.41, 5.74) is 0.0370. The second-order valence-electron chi connectivity index (χ2n) is 1.81. The van der Waals surface area contributed by atoms with Gasteiger partial charge < -0.3 is 5.11 Å². The largest absolute Gasteiger partial charge is 0.478 e. The van der Waals surface area contributed by atoms with Crippen LogP contribution in [-0.4, -0.2) is 16.1 Å². The third kappa shape index (κ3) is 2.85. The predicted octanol–water partition coefficient (Wildman–Crippen LogP) is 2.51. The average Bonchev–Trinajstić information content (AvgIpc) is 1.85. The molecule has 6 heteroatoms. The van der Waals surface area contributed by atoms with Crippen LogP contribution in [0.5, 0.6) is 0 Å². The van der Waals surface area contributed by atoms with Gasteiger partial charge >= 0.3 is 5.97 Å². The first kappa shape index (κ1) is 11.5. The Balaban J connectivity index is 0.00000121. The number of carboxylic acids is 1. The standard InChI is InChI=1S/C6H3Cl2NO2.ClH/c7-4-1-3(6(10)11)2-5(8)9-4;/h1-2H,(H,10,11);1H. The summed E-state index contributed by atoms with van der Waals surface area (Å²) >= 11 is 10.9. The molecule has 0 bridgehead atoms. The molecule has 1 N–H and O–H groups in total. The van der Waals surface area contributed by atoms with Gasteiger partial charge in [-0.3, -0.25) is 0 Å². The average molecular weight is 228 g/mol. The van der Waals surface area contributed by atoms with Crippen molar-refractivity contribution in [2.45, 2.75) is 0 Å². The van der Waals surface area contributed by atoms with E-state index in [1.165, 1.54) is 12.1 Å². The molecule has 0 aromatic carbocycles. The first-order chi connectivity index (χ1) is 5.09. The summed E-state index contributed by atoms with van der Waals surface area (Å²) in [5.74, 6) is -1.07. The lowest BCUT2D eigenvalue weighted by Gasteiger charge is -1.94. The number of rotatable bonds is 1. The topological polar surface area (TPSA) is 50.2 Å². The smallest absolute Gasteiger partial charge is 0.335 e. The Kier molecular flexibility index (Phi) is 4.31. The lowest BCUT2D eigenvalue weighted by molar-refractivity contribution is 0.0697. The summed E-state index contributed by atoms with van der Waals surface area (Å²) in [6.45, 7) is 0. The molecule has 0 saturated carbocycles. The molecule has 0 aliphatic heterocycles. The lowest BCUT2D eigenvalue weighted by Crippen LogP contribution is -1.96. The maximum atomic E-state index is 10.4. The Hall–Kier alpha value is -0.510. The van der Waals surface area contributed by atoms with E-state index in [-0.39, 0.29) is 28.3 Å². The van der Waals surface area contributed by atoms with Gasteiger partial charge in [0.05, 0.1) is 5.56 Å². The van der Waals surface area contributed by atoms with Gasteiger partial charge in [-0.15, -0.1) is 12.4 Å². The summed E-state index contributed by atoms with van der Waals surface area (Å²) in [6.07, 6.45) is 0. The summed E-state index contributed by atoms with van der Waals surface area (Å²) in [7, 11) is 0. The molecule has 0 aliphatic carbocycles. The zero-order valence-electron chi connectivity index (χ0n) is 5.62. The minimum absolute atomic E-state index is 0. The molecule has 12 heavy (non-hydrogen) atoms. The number of pyridine rings is 1. The van der Waals surface area contributed by atoms with Crippen molar-refractivity contribution in [3.05, 3.63) is 28.0 Å². The van der Waals surface area contributed by atoms with Gasteiger partial charge in [0.2, 0.25) is 0 Å². The zero-order chi connectivity index (χ0) is 8.43. The SMILES string of the molecule is Cl.O=C(O)c1cc(Cl)nc(Cl)c1. The van der Waals surface area contributed by atoms with Crippen molar-refractivity contribution in [2.75, 3.05) is 0 Å². The van der Waals surface area contributed by atoms with Gasteiger partial charge in [0.25, 0.3) is 0 Å². The van der Waals surface area contributed by atoms with Crippen LogP contribution < -0.4 is 0 Å². The van der Waals surface area contributed by atoms with Crippen LogP contribution in [-0.2, 0) is 0 Å². The maximum Gasteiger partial charge on any atom is 0.335 e. The van der Waals surface area contributed by atoms with Gasteiger partial charge in [-0.2, -0.15) is 0 Å². The van der Waals surface area contributed by atoms with Crippen LogP contribution in [0.1, 0.15) is 10.4 Å². The Morgan fingerprint density at radius 3 is 2.08 bits per heavy atom. The van der Waals surface area contributed by atoms with E-state index in [2.05, 4.69) is 4.98 Å². The number of aromatic carboxylic acids is 1. The van der Waals surface area contributed by atoms with Gasteiger partial charge in [-0.25, -0.2) is 9.78 Å². The molecule has 1 rings (SSSR count). The van der Waals surface area contributed by atoms with Crippen LogP contribution in [0.15, 0.2) is 12.1 Å². The third-order valence-corrected chi connectivity index (χ3v) is 1.40. The Bertz CT molecular complexity index is 283. The summed E-state index contributed by atoms with van der Waals surface area (Å²) in [5, 5.41) is 8.65. The second-order valence-corrected chi connectivity index (χ2v) is 2.58. The van der Waals surface area contributed by atoms with Crippen LogP contribution in [0, 0.1) is 0 Å². The van der Waals surface area contributed by atoms with E-state index in [1.807, 2.05) is 0 Å². The van der Waals surface area contributed by atoms with Crippen molar-refractivity contribution < 1.29 is 9.90 Å². The van der Waals surface area contributed by atoms with E-state index >= 15 is 0 Å². The molecule has 0 atom stereocenters. The Labute approximate surface area is 84.7 Å². The van der Waals surface area contributed by atoms with Gasteiger partial charge in [0.15, 0.2) is 0 Å². The fourth-order valence-electron chi connectivity index (χ4n) is 0.588. The minimum atomic E-state index is -1.07. The summed E-state index contributed by atoms with van der Waals surface area (Å²) in [4.78, 5) is 13.9. The van der Waals surface area contributed by atoms with Gasteiger partial charge in [0.1, 0.15) is 10.3 Å². The highest BCUT2D eigenvalue weighted by Crippen LogP contribution is 2.14. The highest BCUT2D eigenvalue weighted by Gasteiger charge is 2.05. The van der Waals surface area contributed by atoms with Crippen molar-refractivity contribution in [3.63, 3.8) is 0 Å². The van der Waals surface area contributed by atoms with Gasteiger partial charge in [-0.1, -0.05) is 23.2 Å². The molecule has 0 spiro atoms. The molecular weight excluding hydrogens is 224 g/mol. The predicted molar refractivity (Wildman–Crippen MR) is 48.5 cm³/mol. The molecule has 0 saturated heterocycles. The molecule has 0 fully saturated rings. The van der Waals surface area contributed by atoms with Crippen LogP contribution in [0.2, 0.25) is 10.3 Å². The van der Waals surface area contributed by atoms with E-state index in [0.29, 0.717) is 0 Å². The number of hydrogen-bond acceptors (Lipinski definition) is 2. The van der Waals surface area contributed by atoms with Crippen molar-refractivity contribution in [1.82, 2.24) is 4.98 Å². The number of hydrogen-bond donors (Lipinski definition) is 1. The molecule has 3 nitrogen and oxygen atoms in total. The fraction of sp³-hybridized carbons (Fsp3) is 0. The van der Waals surface area contributed by atoms with Crippen molar-refractivity contribution in [1.29, 1.82) is 0 Å². The van der Waals surface area contributed by atoms with Gasteiger partial charge in [-0.05, 0) is 12.1 Å². The molecular formula is C6H4Cl3NO2. The summed E-state index contributed by atoms with van der Waals surface area (Å²) in [6, 6.07) is 2.46. The highest BCUT2D eigenvalue weighted by molar-refractivity contribution is 6.32. The summed E-state index contributed by atoms with van der Waals surface area (Å²) < 4.78 is 0. The molecule has 66 valence electrons. The van der Waals surface area contributed by atoms with Crippen molar-refractivity contribution >= 4 is 41.6 Å². The van der Waals surface area contributed by atoms with Crippen LogP contribution >= 0.6 is 35.6 Å². The second kappa shape index (κ2) is 4.50. The number of nitrogens with zero attached hydrogens (tertiary/aromatic N) is 1. The van der Waals surface area contributed by atoms with E-state index in [1.54, 1.807) is 0 Å². The van der Waals surface area contributed by atoms with E-state index in [0.717, 1.165) is 0 Å². The molecule has 1 aromatic rings. The number of aromatic nitrogens is 1. The maximum absolute atomic E-state index is 10.4. The van der Waals surface area contributed by atoms with E-state index in [9.17, 15) is 4.79 Å². The molecule has 0 aliphatic rings. The molecule has 0 amide bonds. The minimum Gasteiger partial charge on any atom is -0.478 e. The number of halogens is 3. The van der Waals surface area contributed by atoms with E-state index < -0.39 is 5.97 Å². The first-order valence-corrected chi connectivity index (χ1v) is 3.41. The van der Waals surface area contributed by atoms with Crippen molar-refractivity contribution in [2.24, 2.45) is 0 Å². The Morgan fingerprint density at radius 1 is 1.33 bits per heavy atom. The van der Waals surface area contributed by atoms with Crippen LogP contribution in [0.25, 0.3) is 0 Å². The fourth-order valence-corrected chi connectivity index (χ4v) is 1.05. The molecule has 0 unspecified atom stereocenters. The van der Waals surface area contributed by atoms with Gasteiger partial charge in [0, 0.05) is 0 Å². The number of carbonyl (C=O) groups is 1. The van der Waals surface area contributed by atoms with Crippen molar-refractivity contribution in [3.8, 4) is 0 Å².